The van der Waals surface area contributed by atoms with E-state index in [9.17, 15) is 0 Å². The minimum absolute atomic E-state index is 0. The summed E-state index contributed by atoms with van der Waals surface area (Å²) in [6, 6.07) is 13.4. The van der Waals surface area contributed by atoms with Crippen LogP contribution in [0, 0.1) is 12.5 Å². The van der Waals surface area contributed by atoms with E-state index in [1.54, 1.807) is 0 Å². The topological polar surface area (TPSA) is 3.24 Å². The van der Waals surface area contributed by atoms with E-state index in [-0.39, 0.29) is 12.4 Å². The number of hydrogen-bond donors (Lipinski definition) is 0. The minimum atomic E-state index is 0. The Kier molecular flexibility index (Phi) is 5.83. The van der Waals surface area contributed by atoms with Crippen LogP contribution in [0.1, 0.15) is 12.5 Å². The fourth-order valence-electron chi connectivity index (χ4n) is 1.22. The summed E-state index contributed by atoms with van der Waals surface area (Å²) in [4.78, 5) is 1.90. The van der Waals surface area contributed by atoms with E-state index >= 15 is 0 Å². The summed E-state index contributed by atoms with van der Waals surface area (Å²) >= 11 is 0. The van der Waals surface area contributed by atoms with Crippen molar-refractivity contribution in [3.05, 3.63) is 35.9 Å². The Labute approximate surface area is 92.5 Å². The molecule has 2 heteroatoms. The minimum Gasteiger partial charge on any atom is -0.333 e. The smallest absolute Gasteiger partial charge is 0.0380 e. The van der Waals surface area contributed by atoms with Crippen LogP contribution in [0.3, 0.4) is 0 Å². The summed E-state index contributed by atoms with van der Waals surface area (Å²) in [7, 11) is 1.94. The average molecular weight is 210 g/mol. The van der Waals surface area contributed by atoms with Gasteiger partial charge in [0.15, 0.2) is 0 Å². The highest BCUT2D eigenvalue weighted by atomic mass is 35.5. The van der Waals surface area contributed by atoms with Gasteiger partial charge in [-0.15, -0.1) is 12.4 Å². The zero-order valence-electron chi connectivity index (χ0n) is 8.60. The first kappa shape index (κ1) is 12.9. The first-order chi connectivity index (χ1) is 6.24. The van der Waals surface area contributed by atoms with E-state index in [1.165, 1.54) is 5.56 Å². The third kappa shape index (κ3) is 3.72. The van der Waals surface area contributed by atoms with Crippen molar-refractivity contribution in [2.45, 2.75) is 19.4 Å². The number of nitrogens with zero attached hydrogens (tertiary/aromatic N) is 1. The maximum absolute atomic E-state index is 5.30. The number of halogens is 1. The largest absolute Gasteiger partial charge is 0.333 e. The summed E-state index contributed by atoms with van der Waals surface area (Å²) in [6.45, 7) is 2.13. The molecule has 0 fully saturated rings. The zero-order valence-corrected chi connectivity index (χ0v) is 9.42. The Bertz CT molecular complexity index is 289. The molecule has 0 aliphatic carbocycles. The molecule has 0 heterocycles. The molecule has 0 radical (unpaired) electrons. The van der Waals surface area contributed by atoms with E-state index in [0.29, 0.717) is 6.04 Å². The molecule has 1 rings (SSSR count). The number of hydrogen-bond acceptors (Lipinski definition) is 1. The molecule has 0 aliphatic heterocycles. The first-order valence-corrected chi connectivity index (χ1v) is 4.47. The van der Waals surface area contributed by atoms with Crippen LogP contribution in [-0.4, -0.2) is 18.0 Å². The second-order valence-electron chi connectivity index (χ2n) is 3.28. The first-order valence-electron chi connectivity index (χ1n) is 4.47. The van der Waals surface area contributed by atoms with E-state index in [2.05, 4.69) is 37.2 Å². The lowest BCUT2D eigenvalue weighted by molar-refractivity contribution is 0.370. The third-order valence-corrected chi connectivity index (χ3v) is 2.24. The van der Waals surface area contributed by atoms with Crippen molar-refractivity contribution < 1.29 is 0 Å². The molecular weight excluding hydrogens is 194 g/mol. The summed E-state index contributed by atoms with van der Waals surface area (Å²) in [5.41, 5.74) is 1.33. The molecule has 1 unspecified atom stereocenters. The van der Waals surface area contributed by atoms with E-state index in [0.717, 1.165) is 6.42 Å². The van der Waals surface area contributed by atoms with Gasteiger partial charge in [0.1, 0.15) is 0 Å². The summed E-state index contributed by atoms with van der Waals surface area (Å²) in [5.74, 6) is 0. The van der Waals surface area contributed by atoms with E-state index in [4.69, 9.17) is 6.42 Å². The van der Waals surface area contributed by atoms with Gasteiger partial charge in [0.25, 0.3) is 0 Å². The Morgan fingerprint density at radius 3 is 2.43 bits per heavy atom. The molecule has 0 saturated carbocycles. The van der Waals surface area contributed by atoms with Crippen LogP contribution >= 0.6 is 12.4 Å². The number of terminal acetylenes is 1. The van der Waals surface area contributed by atoms with Gasteiger partial charge in [0.2, 0.25) is 0 Å². The van der Waals surface area contributed by atoms with Crippen LogP contribution in [0.2, 0.25) is 0 Å². The monoisotopic (exact) mass is 209 g/mol. The lowest BCUT2D eigenvalue weighted by atomic mass is 10.1. The highest BCUT2D eigenvalue weighted by molar-refractivity contribution is 5.85. The van der Waals surface area contributed by atoms with Gasteiger partial charge >= 0.3 is 0 Å². The van der Waals surface area contributed by atoms with Gasteiger partial charge in [-0.05, 0) is 18.9 Å². The molecule has 0 N–H and O–H groups in total. The van der Waals surface area contributed by atoms with Crippen molar-refractivity contribution in [3.8, 4) is 12.5 Å². The van der Waals surface area contributed by atoms with E-state index < -0.39 is 0 Å². The fraction of sp³-hybridized carbons (Fsp3) is 0.333. The van der Waals surface area contributed by atoms with Gasteiger partial charge in [-0.2, -0.15) is 0 Å². The maximum atomic E-state index is 5.30. The van der Waals surface area contributed by atoms with Crippen molar-refractivity contribution >= 4 is 12.4 Å². The quantitative estimate of drug-likeness (QED) is 0.547. The van der Waals surface area contributed by atoms with Crippen molar-refractivity contribution in [2.24, 2.45) is 0 Å². The van der Waals surface area contributed by atoms with Gasteiger partial charge in [-0.1, -0.05) is 36.8 Å². The van der Waals surface area contributed by atoms with Crippen LogP contribution in [0.5, 0.6) is 0 Å². The van der Waals surface area contributed by atoms with Crippen molar-refractivity contribution in [3.63, 3.8) is 0 Å². The van der Waals surface area contributed by atoms with Gasteiger partial charge in [0.05, 0.1) is 0 Å². The predicted molar refractivity (Wildman–Crippen MR) is 63.5 cm³/mol. The molecule has 0 amide bonds. The van der Waals surface area contributed by atoms with Gasteiger partial charge in [-0.25, -0.2) is 0 Å². The summed E-state index contributed by atoms with van der Waals surface area (Å²) in [6.07, 6.45) is 6.30. The molecule has 76 valence electrons. The van der Waals surface area contributed by atoms with Gasteiger partial charge in [0, 0.05) is 19.1 Å². The SMILES string of the molecule is C#CN(C)C(C)Cc1ccccc1.Cl. The van der Waals surface area contributed by atoms with E-state index in [1.807, 2.05) is 18.0 Å². The average Bonchev–Trinajstić information content (AvgIpc) is 2.18. The fourth-order valence-corrected chi connectivity index (χ4v) is 1.22. The highest BCUT2D eigenvalue weighted by Gasteiger charge is 2.05. The Hall–Kier alpha value is -1.13. The van der Waals surface area contributed by atoms with Crippen LogP contribution in [-0.2, 0) is 6.42 Å². The molecule has 0 aliphatic rings. The van der Waals surface area contributed by atoms with Crippen LogP contribution in [0.4, 0.5) is 0 Å². The lowest BCUT2D eigenvalue weighted by Gasteiger charge is -2.20. The summed E-state index contributed by atoms with van der Waals surface area (Å²) in [5, 5.41) is 0. The van der Waals surface area contributed by atoms with Crippen LogP contribution in [0.25, 0.3) is 0 Å². The zero-order chi connectivity index (χ0) is 9.68. The summed E-state index contributed by atoms with van der Waals surface area (Å²) < 4.78 is 0. The molecule has 14 heavy (non-hydrogen) atoms. The predicted octanol–water partition coefficient (Wildman–Crippen LogP) is 2.56. The van der Waals surface area contributed by atoms with Crippen LogP contribution in [0.15, 0.2) is 30.3 Å². The third-order valence-electron chi connectivity index (χ3n) is 2.24. The molecule has 1 atom stereocenters. The standard InChI is InChI=1S/C12H15N.ClH/c1-4-13(3)11(2)10-12-8-6-5-7-9-12;/h1,5-9,11H,10H2,2-3H3;1H. The Morgan fingerprint density at radius 1 is 1.36 bits per heavy atom. The Morgan fingerprint density at radius 2 is 1.93 bits per heavy atom. The molecular formula is C12H16ClN. The number of benzene rings is 1. The van der Waals surface area contributed by atoms with Crippen molar-refractivity contribution in [1.29, 1.82) is 0 Å². The molecule has 0 spiro atoms. The Balaban J connectivity index is 0.00000169. The van der Waals surface area contributed by atoms with Crippen molar-refractivity contribution in [2.75, 3.05) is 7.05 Å². The van der Waals surface area contributed by atoms with Crippen molar-refractivity contribution in [1.82, 2.24) is 4.90 Å². The highest BCUT2D eigenvalue weighted by Crippen LogP contribution is 2.05. The van der Waals surface area contributed by atoms with Gasteiger partial charge in [-0.3, -0.25) is 0 Å². The molecule has 0 bridgehead atoms. The van der Waals surface area contributed by atoms with Gasteiger partial charge < -0.3 is 4.90 Å². The molecule has 0 saturated heterocycles. The molecule has 1 aromatic rings. The number of likely N-dealkylation sites (N-methyl/N-ethyl adjacent to an activating group) is 1. The maximum Gasteiger partial charge on any atom is 0.0380 e. The second kappa shape index (κ2) is 6.34. The number of rotatable bonds is 3. The lowest BCUT2D eigenvalue weighted by Crippen LogP contribution is -2.26. The second-order valence-corrected chi connectivity index (χ2v) is 3.28. The molecule has 1 nitrogen and oxygen atoms in total. The molecule has 0 aromatic heterocycles. The normalized spacial score (nSPS) is 10.9. The molecule has 1 aromatic carbocycles. The van der Waals surface area contributed by atoms with Crippen LogP contribution < -0.4 is 0 Å².